The standard InChI is InChI=1S/C13H26N2O2/c1-2-4-11-5-3-8-15(9-6-11)10-7-12(14)13(16)17/h11-12H,2-10,14H2,1H3,(H,16,17). The number of likely N-dealkylation sites (tertiary alicyclic amines) is 1. The molecular formula is C13H26N2O2. The van der Waals surface area contributed by atoms with E-state index in [1.54, 1.807) is 0 Å². The molecule has 0 bridgehead atoms. The lowest BCUT2D eigenvalue weighted by atomic mass is 9.96. The summed E-state index contributed by atoms with van der Waals surface area (Å²) in [6.07, 6.45) is 7.00. The number of rotatable bonds is 6. The highest BCUT2D eigenvalue weighted by Gasteiger charge is 2.18. The molecule has 1 saturated heterocycles. The number of aliphatic carboxylic acids is 1. The van der Waals surface area contributed by atoms with Gasteiger partial charge >= 0.3 is 5.97 Å². The van der Waals surface area contributed by atoms with Crippen LogP contribution in [0.4, 0.5) is 0 Å². The number of hydrogen-bond acceptors (Lipinski definition) is 3. The van der Waals surface area contributed by atoms with Crippen LogP contribution in [0.3, 0.4) is 0 Å². The highest BCUT2D eigenvalue weighted by atomic mass is 16.4. The quantitative estimate of drug-likeness (QED) is 0.744. The van der Waals surface area contributed by atoms with Gasteiger partial charge in [-0.2, -0.15) is 0 Å². The van der Waals surface area contributed by atoms with Crippen LogP contribution in [0.25, 0.3) is 0 Å². The van der Waals surface area contributed by atoms with E-state index in [1.807, 2.05) is 0 Å². The Labute approximate surface area is 104 Å². The number of hydrogen-bond donors (Lipinski definition) is 2. The molecule has 2 atom stereocenters. The van der Waals surface area contributed by atoms with E-state index >= 15 is 0 Å². The van der Waals surface area contributed by atoms with Crippen molar-refractivity contribution in [2.24, 2.45) is 11.7 Å². The minimum atomic E-state index is -0.885. The minimum Gasteiger partial charge on any atom is -0.480 e. The lowest BCUT2D eigenvalue weighted by Crippen LogP contribution is -2.36. The van der Waals surface area contributed by atoms with E-state index in [9.17, 15) is 4.79 Å². The SMILES string of the molecule is CCCC1CCCN(CCC(N)C(=O)O)CC1. The fourth-order valence-electron chi connectivity index (χ4n) is 2.59. The van der Waals surface area contributed by atoms with Crippen molar-refractivity contribution in [2.45, 2.75) is 51.5 Å². The first kappa shape index (κ1) is 14.5. The second-order valence-electron chi connectivity index (χ2n) is 5.16. The van der Waals surface area contributed by atoms with Crippen LogP contribution < -0.4 is 5.73 Å². The van der Waals surface area contributed by atoms with E-state index in [0.717, 1.165) is 25.6 Å². The van der Waals surface area contributed by atoms with Crippen LogP contribution in [0.2, 0.25) is 0 Å². The van der Waals surface area contributed by atoms with Gasteiger partial charge < -0.3 is 15.7 Å². The van der Waals surface area contributed by atoms with Gasteiger partial charge in [0, 0.05) is 6.54 Å². The number of nitrogens with zero attached hydrogens (tertiary/aromatic N) is 1. The third-order valence-corrected chi connectivity index (χ3v) is 3.71. The first-order chi connectivity index (χ1) is 8.13. The number of carbonyl (C=O) groups is 1. The zero-order valence-electron chi connectivity index (χ0n) is 10.9. The molecule has 2 unspecified atom stereocenters. The molecule has 0 aromatic carbocycles. The Morgan fingerprint density at radius 1 is 1.47 bits per heavy atom. The van der Waals surface area contributed by atoms with Crippen molar-refractivity contribution >= 4 is 5.97 Å². The molecule has 1 aliphatic rings. The Morgan fingerprint density at radius 3 is 2.88 bits per heavy atom. The van der Waals surface area contributed by atoms with Crippen molar-refractivity contribution in [1.82, 2.24) is 4.90 Å². The summed E-state index contributed by atoms with van der Waals surface area (Å²) in [5.41, 5.74) is 5.52. The maximum Gasteiger partial charge on any atom is 0.320 e. The van der Waals surface area contributed by atoms with E-state index in [-0.39, 0.29) is 0 Å². The second-order valence-corrected chi connectivity index (χ2v) is 5.16. The van der Waals surface area contributed by atoms with Crippen molar-refractivity contribution in [3.8, 4) is 0 Å². The van der Waals surface area contributed by atoms with Crippen LogP contribution in [-0.2, 0) is 4.79 Å². The van der Waals surface area contributed by atoms with Gasteiger partial charge in [0.15, 0.2) is 0 Å². The predicted octanol–water partition coefficient (Wildman–Crippen LogP) is 1.69. The van der Waals surface area contributed by atoms with E-state index < -0.39 is 12.0 Å². The van der Waals surface area contributed by atoms with Gasteiger partial charge in [0.05, 0.1) is 0 Å². The zero-order chi connectivity index (χ0) is 12.7. The summed E-state index contributed by atoms with van der Waals surface area (Å²) in [6, 6.07) is -0.704. The molecule has 1 fully saturated rings. The fraction of sp³-hybridized carbons (Fsp3) is 0.923. The van der Waals surface area contributed by atoms with E-state index in [4.69, 9.17) is 10.8 Å². The summed E-state index contributed by atoms with van der Waals surface area (Å²) in [4.78, 5) is 13.0. The second kappa shape index (κ2) is 7.67. The topological polar surface area (TPSA) is 66.6 Å². The monoisotopic (exact) mass is 242 g/mol. The van der Waals surface area contributed by atoms with Gasteiger partial charge in [0.25, 0.3) is 0 Å². The molecule has 1 heterocycles. The Kier molecular flexibility index (Phi) is 6.52. The van der Waals surface area contributed by atoms with E-state index in [0.29, 0.717) is 6.42 Å². The first-order valence-corrected chi connectivity index (χ1v) is 6.84. The van der Waals surface area contributed by atoms with Crippen LogP contribution in [0.5, 0.6) is 0 Å². The van der Waals surface area contributed by atoms with Crippen LogP contribution in [0, 0.1) is 5.92 Å². The van der Waals surface area contributed by atoms with Gasteiger partial charge in [0.1, 0.15) is 6.04 Å². The Bertz CT molecular complexity index is 233. The molecule has 0 aromatic rings. The Balaban J connectivity index is 2.24. The van der Waals surface area contributed by atoms with Crippen molar-refractivity contribution in [3.63, 3.8) is 0 Å². The highest BCUT2D eigenvalue weighted by molar-refractivity contribution is 5.72. The lowest BCUT2D eigenvalue weighted by Gasteiger charge is -2.21. The van der Waals surface area contributed by atoms with Gasteiger partial charge in [-0.1, -0.05) is 19.8 Å². The normalized spacial score (nSPS) is 24.2. The molecule has 0 spiro atoms. The van der Waals surface area contributed by atoms with Gasteiger partial charge in [-0.3, -0.25) is 4.79 Å². The molecule has 4 nitrogen and oxygen atoms in total. The summed E-state index contributed by atoms with van der Waals surface area (Å²) < 4.78 is 0. The summed E-state index contributed by atoms with van der Waals surface area (Å²) in [5, 5.41) is 8.74. The molecule has 4 heteroatoms. The van der Waals surface area contributed by atoms with Crippen LogP contribution in [0.1, 0.15) is 45.4 Å². The van der Waals surface area contributed by atoms with Gasteiger partial charge in [0.2, 0.25) is 0 Å². The van der Waals surface area contributed by atoms with E-state index in [1.165, 1.54) is 32.1 Å². The molecule has 3 N–H and O–H groups in total. The molecule has 100 valence electrons. The predicted molar refractivity (Wildman–Crippen MR) is 68.9 cm³/mol. The summed E-state index contributed by atoms with van der Waals surface area (Å²) in [7, 11) is 0. The summed E-state index contributed by atoms with van der Waals surface area (Å²) in [5.74, 6) is -0.0122. The van der Waals surface area contributed by atoms with Crippen LogP contribution in [-0.4, -0.2) is 41.7 Å². The molecule has 0 aromatic heterocycles. The average molecular weight is 242 g/mol. The van der Waals surface area contributed by atoms with Crippen molar-refractivity contribution in [1.29, 1.82) is 0 Å². The molecular weight excluding hydrogens is 216 g/mol. The van der Waals surface area contributed by atoms with Crippen LogP contribution >= 0.6 is 0 Å². The van der Waals surface area contributed by atoms with Crippen molar-refractivity contribution < 1.29 is 9.90 Å². The third-order valence-electron chi connectivity index (χ3n) is 3.71. The molecule has 0 amide bonds. The largest absolute Gasteiger partial charge is 0.480 e. The van der Waals surface area contributed by atoms with Gasteiger partial charge in [-0.25, -0.2) is 0 Å². The summed E-state index contributed by atoms with van der Waals surface area (Å²) >= 11 is 0. The Morgan fingerprint density at radius 2 is 2.24 bits per heavy atom. The molecule has 0 radical (unpaired) electrons. The smallest absolute Gasteiger partial charge is 0.320 e. The molecule has 17 heavy (non-hydrogen) atoms. The highest BCUT2D eigenvalue weighted by Crippen LogP contribution is 2.21. The first-order valence-electron chi connectivity index (χ1n) is 6.84. The van der Waals surface area contributed by atoms with E-state index in [2.05, 4.69) is 11.8 Å². The maximum atomic E-state index is 10.6. The van der Waals surface area contributed by atoms with Gasteiger partial charge in [-0.05, 0) is 44.7 Å². The van der Waals surface area contributed by atoms with Crippen molar-refractivity contribution in [2.75, 3.05) is 19.6 Å². The summed E-state index contributed by atoms with van der Waals surface area (Å²) in [6.45, 7) is 5.28. The van der Waals surface area contributed by atoms with Crippen LogP contribution in [0.15, 0.2) is 0 Å². The van der Waals surface area contributed by atoms with Crippen molar-refractivity contribution in [3.05, 3.63) is 0 Å². The molecule has 0 saturated carbocycles. The fourth-order valence-corrected chi connectivity index (χ4v) is 2.59. The molecule has 1 aliphatic heterocycles. The maximum absolute atomic E-state index is 10.6. The zero-order valence-corrected chi connectivity index (χ0v) is 10.9. The molecule has 0 aliphatic carbocycles. The number of carboxylic acid groups (broad SMARTS) is 1. The number of nitrogens with two attached hydrogens (primary N) is 1. The Hall–Kier alpha value is -0.610. The number of carboxylic acids is 1. The average Bonchev–Trinajstić information content (AvgIpc) is 2.52. The minimum absolute atomic E-state index is 0.563. The molecule has 1 rings (SSSR count). The van der Waals surface area contributed by atoms with Gasteiger partial charge in [-0.15, -0.1) is 0 Å². The lowest BCUT2D eigenvalue weighted by molar-refractivity contribution is -0.138. The third kappa shape index (κ3) is 5.50.